The number of fused-ring (bicyclic) bond motifs is 2. The van der Waals surface area contributed by atoms with Crippen LogP contribution < -0.4 is 28.4 Å². The highest BCUT2D eigenvalue weighted by Gasteiger charge is 2.47. The molecule has 508 valence electrons. The Balaban J connectivity index is 1.19. The maximum atomic E-state index is 16.3. The molecule has 11 aromatic rings. The van der Waals surface area contributed by atoms with E-state index in [1.165, 1.54) is 0 Å². The SMILES string of the molecule is CCOCC(C(=O)Oc1ccccc1C)N1C(=O)c2cc(Oc3ccc(C(C)C)cc3)c3c4c(Oc5ccc(C(C)C)cc5)cc5c6c(cc(Oc7ccc(C(C)C)cc7)c(c7c(Oc8ccc(C(C)C)cc8)cc(c2c37)C1=O)c64)C(=O)N(C(COCC)C(=O)Oc1ccccc1C)C5=O. The molecule has 0 N–H and O–H groups in total. The molecule has 100 heavy (non-hydrogen) atoms. The van der Waals surface area contributed by atoms with Crippen molar-refractivity contribution >= 4 is 78.7 Å². The summed E-state index contributed by atoms with van der Waals surface area (Å²) in [6, 6.07) is 47.1. The summed E-state index contributed by atoms with van der Waals surface area (Å²) in [7, 11) is 0. The Morgan fingerprint density at radius 1 is 0.330 bits per heavy atom. The molecule has 2 unspecified atom stereocenters. The standard InChI is InChI=1S/C84H78N2O14/c1-13-93-43-63(83(91)99-65-21-17-15-19-49(65)11)85-79(87)59-39-67(95-55-31-23-51(24-32-55)45(3)4)73-75-69(97-57-35-27-53(28-36-57)47(7)8)41-61-72-62(82(90)86(81(61)89)64(44-94-14-2)84(92)100-66-22-18-16-20-50(66)12)42-70(98-58-37-29-54(30-38-58)48(9)10)76(78(72)75)74-68(40-60(80(85)88)71(59)77(73)74)96-56-33-25-52(26-34-56)46(5)6/h15-42,45-48,63-64H,13-14,43-44H2,1-12H3. The zero-order valence-electron chi connectivity index (χ0n) is 58.1. The molecule has 0 bridgehead atoms. The lowest BCUT2D eigenvalue weighted by molar-refractivity contribution is -0.141. The van der Waals surface area contributed by atoms with Crippen LogP contribution in [0.3, 0.4) is 0 Å². The van der Waals surface area contributed by atoms with E-state index in [0.29, 0.717) is 34.1 Å². The summed E-state index contributed by atoms with van der Waals surface area (Å²) in [6.45, 7) is 23.1. The van der Waals surface area contributed by atoms with Gasteiger partial charge in [0.2, 0.25) is 0 Å². The minimum absolute atomic E-state index is 0.0344. The molecule has 4 amide bonds. The van der Waals surface area contributed by atoms with Crippen LogP contribution in [0.4, 0.5) is 0 Å². The molecule has 13 rings (SSSR count). The fourth-order valence-corrected chi connectivity index (χ4v) is 13.3. The normalized spacial score (nSPS) is 13.6. The van der Waals surface area contributed by atoms with Gasteiger partial charge in [-0.05, 0) is 170 Å². The van der Waals surface area contributed by atoms with Crippen LogP contribution in [0.15, 0.2) is 170 Å². The first-order valence-electron chi connectivity index (χ1n) is 34.1. The van der Waals surface area contributed by atoms with Crippen molar-refractivity contribution in [1.82, 2.24) is 9.80 Å². The van der Waals surface area contributed by atoms with Gasteiger partial charge in [0.05, 0.1) is 35.5 Å². The predicted octanol–water partition coefficient (Wildman–Crippen LogP) is 19.2. The average Bonchev–Trinajstić information content (AvgIpc) is 0.671. The molecule has 2 aliphatic heterocycles. The van der Waals surface area contributed by atoms with Crippen molar-refractivity contribution in [2.24, 2.45) is 0 Å². The molecule has 0 fully saturated rings. The Labute approximate surface area is 580 Å². The topological polar surface area (TPSA) is 183 Å². The molecule has 16 nitrogen and oxygen atoms in total. The number of esters is 2. The number of ether oxygens (including phenoxy) is 8. The van der Waals surface area contributed by atoms with Gasteiger partial charge >= 0.3 is 11.9 Å². The van der Waals surface area contributed by atoms with Gasteiger partial charge in [0.15, 0.2) is 12.1 Å². The van der Waals surface area contributed by atoms with E-state index in [2.05, 4.69) is 55.4 Å². The Hall–Kier alpha value is -10.9. The van der Waals surface area contributed by atoms with Gasteiger partial charge in [-0.1, -0.05) is 140 Å². The summed E-state index contributed by atoms with van der Waals surface area (Å²) >= 11 is 0. The van der Waals surface area contributed by atoms with Gasteiger partial charge in [0.25, 0.3) is 23.6 Å². The van der Waals surface area contributed by atoms with Crippen molar-refractivity contribution in [1.29, 1.82) is 0 Å². The lowest BCUT2D eigenvalue weighted by Crippen LogP contribution is -2.54. The number of para-hydroxylation sites is 2. The fraction of sp³-hybridized carbons (Fsp3) is 0.262. The first-order valence-corrected chi connectivity index (χ1v) is 34.1. The van der Waals surface area contributed by atoms with E-state index in [4.69, 9.17) is 37.9 Å². The number of hydrogen-bond donors (Lipinski definition) is 0. The van der Waals surface area contributed by atoms with E-state index < -0.39 is 60.9 Å². The summed E-state index contributed by atoms with van der Waals surface area (Å²) in [5.41, 5.74) is 5.23. The predicted molar refractivity (Wildman–Crippen MR) is 385 cm³/mol. The number of imide groups is 2. The van der Waals surface area contributed by atoms with Gasteiger partial charge in [-0.2, -0.15) is 0 Å². The Kier molecular flexibility index (Phi) is 18.8. The number of nitrogens with zero attached hydrogens (tertiary/aromatic N) is 2. The maximum Gasteiger partial charge on any atom is 0.337 e. The molecule has 0 saturated heterocycles. The molecular weight excluding hydrogens is 1260 g/mol. The van der Waals surface area contributed by atoms with Crippen LogP contribution in [-0.2, 0) is 19.1 Å². The lowest BCUT2D eigenvalue weighted by Gasteiger charge is -2.35. The van der Waals surface area contributed by atoms with Crippen LogP contribution in [0.2, 0.25) is 0 Å². The zero-order chi connectivity index (χ0) is 70.5. The number of amides is 4. The summed E-state index contributed by atoms with van der Waals surface area (Å²) in [6.07, 6.45) is 0. The number of carbonyl (C=O) groups excluding carboxylic acids is 6. The third-order valence-electron chi connectivity index (χ3n) is 18.8. The number of rotatable bonds is 24. The average molecular weight is 1340 g/mol. The van der Waals surface area contributed by atoms with E-state index in [0.717, 1.165) is 32.1 Å². The van der Waals surface area contributed by atoms with Crippen LogP contribution in [0, 0.1) is 13.8 Å². The lowest BCUT2D eigenvalue weighted by atomic mass is 9.80. The van der Waals surface area contributed by atoms with Crippen molar-refractivity contribution < 1.29 is 66.7 Å². The minimum Gasteiger partial charge on any atom is -0.457 e. The zero-order valence-corrected chi connectivity index (χ0v) is 58.1. The number of carbonyl (C=O) groups is 6. The highest BCUT2D eigenvalue weighted by molar-refractivity contribution is 6.45. The van der Waals surface area contributed by atoms with Crippen LogP contribution >= 0.6 is 0 Å². The Morgan fingerprint density at radius 3 is 0.810 bits per heavy atom. The first-order chi connectivity index (χ1) is 48.1. The van der Waals surface area contributed by atoms with Gasteiger partial charge in [0.1, 0.15) is 57.5 Å². The molecule has 0 aromatic heterocycles. The molecule has 0 radical (unpaired) electrons. The Morgan fingerprint density at radius 2 is 0.580 bits per heavy atom. The fourth-order valence-electron chi connectivity index (χ4n) is 13.3. The summed E-state index contributed by atoms with van der Waals surface area (Å²) in [4.78, 5) is 96.7. The van der Waals surface area contributed by atoms with Crippen molar-refractivity contribution in [3.05, 3.63) is 225 Å². The van der Waals surface area contributed by atoms with Crippen LogP contribution in [0.5, 0.6) is 57.5 Å². The van der Waals surface area contributed by atoms with Crippen LogP contribution in [-0.4, -0.2) is 83.9 Å². The molecule has 11 aromatic carbocycles. The van der Waals surface area contributed by atoms with Gasteiger partial charge in [0, 0.05) is 56.3 Å². The molecule has 16 heteroatoms. The molecule has 2 atom stereocenters. The summed E-state index contributed by atoms with van der Waals surface area (Å²) < 4.78 is 53.1. The van der Waals surface area contributed by atoms with E-state index in [1.807, 2.05) is 97.1 Å². The minimum atomic E-state index is -1.62. The highest BCUT2D eigenvalue weighted by Crippen LogP contribution is 2.58. The van der Waals surface area contributed by atoms with Crippen molar-refractivity contribution in [2.75, 3.05) is 26.4 Å². The Bertz CT molecular complexity index is 4490. The monoisotopic (exact) mass is 1340 g/mol. The molecule has 0 spiro atoms. The second kappa shape index (κ2) is 27.8. The third-order valence-corrected chi connectivity index (χ3v) is 18.8. The van der Waals surface area contributed by atoms with Crippen molar-refractivity contribution in [3.8, 4) is 57.5 Å². The smallest absolute Gasteiger partial charge is 0.337 e. The van der Waals surface area contributed by atoms with Crippen molar-refractivity contribution in [2.45, 2.75) is 119 Å². The third kappa shape index (κ3) is 12.5. The summed E-state index contributed by atoms with van der Waals surface area (Å²) in [5, 5.41) is 1.96. The maximum absolute atomic E-state index is 16.3. The van der Waals surface area contributed by atoms with Crippen LogP contribution in [0.25, 0.3) is 43.1 Å². The molecule has 0 saturated carbocycles. The second-order valence-corrected chi connectivity index (χ2v) is 26.7. The van der Waals surface area contributed by atoms with E-state index in [9.17, 15) is 9.59 Å². The molecule has 2 aliphatic rings. The number of hydrogen-bond acceptors (Lipinski definition) is 14. The van der Waals surface area contributed by atoms with Crippen LogP contribution in [0.1, 0.15) is 168 Å². The first kappa shape index (κ1) is 67.6. The van der Waals surface area contributed by atoms with Gasteiger partial charge < -0.3 is 37.9 Å². The number of benzene rings is 11. The number of aryl methyl sites for hydroxylation is 2. The van der Waals surface area contributed by atoms with Gasteiger partial charge in [-0.3, -0.25) is 29.0 Å². The second-order valence-electron chi connectivity index (χ2n) is 26.7. The summed E-state index contributed by atoms with van der Waals surface area (Å²) in [5.74, 6) is -2.55. The van der Waals surface area contributed by atoms with E-state index in [-0.39, 0.29) is 137 Å². The molecular formula is C84H78N2O14. The largest absolute Gasteiger partial charge is 0.457 e. The highest BCUT2D eigenvalue weighted by atomic mass is 16.6. The molecule has 0 aliphatic carbocycles. The molecule has 2 heterocycles. The van der Waals surface area contributed by atoms with E-state index >= 15 is 19.2 Å². The van der Waals surface area contributed by atoms with Gasteiger partial charge in [-0.15, -0.1) is 0 Å². The van der Waals surface area contributed by atoms with Gasteiger partial charge in [-0.25, -0.2) is 9.59 Å². The van der Waals surface area contributed by atoms with Crippen molar-refractivity contribution in [3.63, 3.8) is 0 Å². The quantitative estimate of drug-likeness (QED) is 0.0183. The van der Waals surface area contributed by atoms with E-state index in [1.54, 1.807) is 100 Å².